The minimum absolute atomic E-state index is 0.617. The highest BCUT2D eigenvalue weighted by atomic mass is 32.1. The van der Waals surface area contributed by atoms with Gasteiger partial charge in [-0.25, -0.2) is 4.98 Å². The number of rotatable bonds is 4. The molecule has 0 amide bonds. The number of aldehydes is 1. The monoisotopic (exact) mass is 237 g/mol. The number of thiazole rings is 1. The molecule has 1 aliphatic rings. The Hall–Kier alpha value is -0.700. The van der Waals surface area contributed by atoms with Crippen molar-refractivity contribution in [3.05, 3.63) is 16.1 Å². The third-order valence-corrected chi connectivity index (χ3v) is 4.64. The van der Waals surface area contributed by atoms with Crippen molar-refractivity contribution in [2.75, 3.05) is 0 Å². The molecule has 0 N–H and O–H groups in total. The Balaban J connectivity index is 1.91. The van der Waals surface area contributed by atoms with Crippen molar-refractivity contribution >= 4 is 17.6 Å². The summed E-state index contributed by atoms with van der Waals surface area (Å²) in [5, 5.41) is 1.18. The van der Waals surface area contributed by atoms with Crippen molar-refractivity contribution < 1.29 is 4.79 Å². The Morgan fingerprint density at radius 2 is 2.19 bits per heavy atom. The van der Waals surface area contributed by atoms with E-state index in [1.54, 1.807) is 17.5 Å². The molecule has 0 bridgehead atoms. The maximum absolute atomic E-state index is 10.6. The van der Waals surface area contributed by atoms with Gasteiger partial charge < -0.3 is 0 Å². The number of carbonyl (C=O) groups is 1. The van der Waals surface area contributed by atoms with Crippen LogP contribution in [0, 0.1) is 5.92 Å². The van der Waals surface area contributed by atoms with Crippen LogP contribution < -0.4 is 0 Å². The molecule has 0 atom stereocenters. The van der Waals surface area contributed by atoms with E-state index in [1.165, 1.54) is 43.5 Å². The van der Waals surface area contributed by atoms with E-state index in [4.69, 9.17) is 0 Å². The van der Waals surface area contributed by atoms with Crippen LogP contribution in [-0.4, -0.2) is 11.3 Å². The van der Waals surface area contributed by atoms with Gasteiger partial charge in [0.15, 0.2) is 6.29 Å². The molecule has 2 rings (SSSR count). The summed E-state index contributed by atoms with van der Waals surface area (Å²) in [6.45, 7) is 2.27. The molecule has 0 unspecified atom stereocenters. The predicted octanol–water partition coefficient (Wildman–Crippen LogP) is 4.03. The van der Waals surface area contributed by atoms with Gasteiger partial charge in [0.2, 0.25) is 0 Å². The maximum atomic E-state index is 10.6. The third-order valence-electron chi connectivity index (χ3n) is 3.55. The summed E-state index contributed by atoms with van der Waals surface area (Å²) in [6, 6.07) is 0. The quantitative estimate of drug-likeness (QED) is 0.740. The van der Waals surface area contributed by atoms with Crippen LogP contribution in [0.3, 0.4) is 0 Å². The van der Waals surface area contributed by atoms with Gasteiger partial charge in [-0.1, -0.05) is 19.8 Å². The van der Waals surface area contributed by atoms with Crippen molar-refractivity contribution in [1.29, 1.82) is 0 Å². The standard InChI is InChI=1S/C13H19NOS/c1-2-3-10-4-6-11(7-5-10)13-14-8-12(9-15)16-13/h8-11H,2-7H2,1H3. The Morgan fingerprint density at radius 1 is 1.44 bits per heavy atom. The maximum Gasteiger partial charge on any atom is 0.161 e. The van der Waals surface area contributed by atoms with Crippen LogP contribution in [0.25, 0.3) is 0 Å². The number of aromatic nitrogens is 1. The van der Waals surface area contributed by atoms with Crippen molar-refractivity contribution in [3.8, 4) is 0 Å². The van der Waals surface area contributed by atoms with E-state index in [0.29, 0.717) is 5.92 Å². The van der Waals surface area contributed by atoms with Crippen LogP contribution in [0.4, 0.5) is 0 Å². The first-order chi connectivity index (χ1) is 7.83. The lowest BCUT2D eigenvalue weighted by molar-refractivity contribution is 0.112. The molecule has 3 heteroatoms. The average Bonchev–Trinajstić information content (AvgIpc) is 2.79. The molecule has 1 aliphatic carbocycles. The van der Waals surface area contributed by atoms with Crippen LogP contribution in [0.5, 0.6) is 0 Å². The molecule has 1 aromatic rings. The molecule has 1 saturated carbocycles. The van der Waals surface area contributed by atoms with E-state index in [-0.39, 0.29) is 0 Å². The van der Waals surface area contributed by atoms with Gasteiger partial charge in [0, 0.05) is 12.1 Å². The number of nitrogens with zero attached hydrogens (tertiary/aromatic N) is 1. The van der Waals surface area contributed by atoms with Gasteiger partial charge in [-0.15, -0.1) is 11.3 Å². The first-order valence-corrected chi connectivity index (χ1v) is 7.06. The minimum atomic E-state index is 0.617. The fourth-order valence-electron chi connectivity index (χ4n) is 2.65. The Labute approximate surface area is 101 Å². The summed E-state index contributed by atoms with van der Waals surface area (Å²) in [5.74, 6) is 1.55. The van der Waals surface area contributed by atoms with E-state index in [1.807, 2.05) is 0 Å². The molecule has 16 heavy (non-hydrogen) atoms. The van der Waals surface area contributed by atoms with Gasteiger partial charge in [0.05, 0.1) is 9.88 Å². The van der Waals surface area contributed by atoms with Gasteiger partial charge in [-0.3, -0.25) is 4.79 Å². The highest BCUT2D eigenvalue weighted by Gasteiger charge is 2.23. The largest absolute Gasteiger partial charge is 0.297 e. The van der Waals surface area contributed by atoms with E-state index in [0.717, 1.165) is 17.1 Å². The summed E-state index contributed by atoms with van der Waals surface area (Å²) < 4.78 is 0. The lowest BCUT2D eigenvalue weighted by Crippen LogP contribution is -2.12. The number of hydrogen-bond donors (Lipinski definition) is 0. The van der Waals surface area contributed by atoms with E-state index in [9.17, 15) is 4.79 Å². The fraction of sp³-hybridized carbons (Fsp3) is 0.692. The lowest BCUT2D eigenvalue weighted by atomic mass is 9.80. The molecule has 0 spiro atoms. The van der Waals surface area contributed by atoms with Crippen LogP contribution in [0.1, 0.15) is 66.0 Å². The Morgan fingerprint density at radius 3 is 2.75 bits per heavy atom. The Bertz CT molecular complexity index is 339. The first kappa shape index (κ1) is 11.8. The molecule has 1 fully saturated rings. The van der Waals surface area contributed by atoms with E-state index >= 15 is 0 Å². The summed E-state index contributed by atoms with van der Waals surface area (Å²) in [5.41, 5.74) is 0. The van der Waals surface area contributed by atoms with Crippen LogP contribution in [0.15, 0.2) is 6.20 Å². The average molecular weight is 237 g/mol. The zero-order valence-corrected chi connectivity index (χ0v) is 10.6. The summed E-state index contributed by atoms with van der Waals surface area (Å²) >= 11 is 1.57. The molecule has 0 radical (unpaired) electrons. The molecule has 0 aromatic carbocycles. The molecule has 0 aliphatic heterocycles. The van der Waals surface area contributed by atoms with E-state index < -0.39 is 0 Å². The smallest absolute Gasteiger partial charge is 0.161 e. The van der Waals surface area contributed by atoms with Crippen molar-refractivity contribution in [2.45, 2.75) is 51.4 Å². The van der Waals surface area contributed by atoms with Gasteiger partial charge >= 0.3 is 0 Å². The first-order valence-electron chi connectivity index (χ1n) is 6.24. The van der Waals surface area contributed by atoms with Gasteiger partial charge in [-0.05, 0) is 31.6 Å². The highest BCUT2D eigenvalue weighted by Crippen LogP contribution is 2.38. The topological polar surface area (TPSA) is 30.0 Å². The van der Waals surface area contributed by atoms with Gasteiger partial charge in [-0.2, -0.15) is 0 Å². The van der Waals surface area contributed by atoms with Gasteiger partial charge in [0.25, 0.3) is 0 Å². The van der Waals surface area contributed by atoms with Crippen molar-refractivity contribution in [2.24, 2.45) is 5.92 Å². The second-order valence-electron chi connectivity index (χ2n) is 4.73. The van der Waals surface area contributed by atoms with Crippen LogP contribution >= 0.6 is 11.3 Å². The summed E-state index contributed by atoms with van der Waals surface area (Å²) in [4.78, 5) is 15.7. The van der Waals surface area contributed by atoms with E-state index in [2.05, 4.69) is 11.9 Å². The molecule has 0 saturated heterocycles. The SMILES string of the molecule is CCCC1CCC(c2ncc(C=O)s2)CC1. The number of carbonyl (C=O) groups excluding carboxylic acids is 1. The lowest BCUT2D eigenvalue weighted by Gasteiger charge is -2.26. The fourth-order valence-corrected chi connectivity index (χ4v) is 3.55. The molecule has 1 aromatic heterocycles. The normalized spacial score (nSPS) is 25.6. The van der Waals surface area contributed by atoms with Crippen LogP contribution in [0.2, 0.25) is 0 Å². The summed E-state index contributed by atoms with van der Waals surface area (Å²) in [6.07, 6.45) is 10.5. The third kappa shape index (κ3) is 2.70. The zero-order chi connectivity index (χ0) is 11.4. The molecule has 88 valence electrons. The highest BCUT2D eigenvalue weighted by molar-refractivity contribution is 7.13. The molecular formula is C13H19NOS. The predicted molar refractivity (Wildman–Crippen MR) is 67.1 cm³/mol. The second kappa shape index (κ2) is 5.58. The van der Waals surface area contributed by atoms with Gasteiger partial charge in [0.1, 0.15) is 0 Å². The minimum Gasteiger partial charge on any atom is -0.297 e. The molecular weight excluding hydrogens is 218 g/mol. The zero-order valence-electron chi connectivity index (χ0n) is 9.82. The van der Waals surface area contributed by atoms with Crippen molar-refractivity contribution in [3.63, 3.8) is 0 Å². The van der Waals surface area contributed by atoms with Crippen molar-refractivity contribution in [1.82, 2.24) is 4.98 Å². The van der Waals surface area contributed by atoms with Crippen LogP contribution in [-0.2, 0) is 0 Å². The molecule has 2 nitrogen and oxygen atoms in total. The second-order valence-corrected chi connectivity index (χ2v) is 5.82. The number of hydrogen-bond acceptors (Lipinski definition) is 3. The Kier molecular flexibility index (Phi) is 4.10. The molecule has 1 heterocycles. The summed E-state index contributed by atoms with van der Waals surface area (Å²) in [7, 11) is 0.